The Labute approximate surface area is 352 Å². The van der Waals surface area contributed by atoms with E-state index in [4.69, 9.17) is 13.8 Å². The summed E-state index contributed by atoms with van der Waals surface area (Å²) in [6, 6.07) is 77.3. The standard InChI is InChI=1S/C57H36N2O2/c1-3-12-37(13-4-1)41-17-11-18-46(32-41)59(45-29-24-39(25-30-45)51-33-43-16-7-8-19-47(43)48-20-9-10-21-49(48)51)44-27-22-38(23-28-44)42-26-31-50-52-35-56-53(36-55(52)60-54(50)34-42)58-57(61-56)40-14-5-2-6-15-40/h1-36H. The zero-order chi connectivity index (χ0) is 40.3. The van der Waals surface area contributed by atoms with Crippen molar-refractivity contribution >= 4 is 71.6 Å². The molecule has 0 aliphatic carbocycles. The fourth-order valence-corrected chi connectivity index (χ4v) is 8.87. The molecule has 0 unspecified atom stereocenters. The van der Waals surface area contributed by atoms with Crippen LogP contribution < -0.4 is 4.90 Å². The van der Waals surface area contributed by atoms with Gasteiger partial charge in [-0.05, 0) is 128 Å². The first-order valence-electron chi connectivity index (χ1n) is 20.6. The molecule has 61 heavy (non-hydrogen) atoms. The Morgan fingerprint density at radius 3 is 1.67 bits per heavy atom. The summed E-state index contributed by atoms with van der Waals surface area (Å²) in [4.78, 5) is 7.10. The van der Waals surface area contributed by atoms with Crippen LogP contribution in [0.3, 0.4) is 0 Å². The van der Waals surface area contributed by atoms with E-state index in [0.29, 0.717) is 5.89 Å². The van der Waals surface area contributed by atoms with Crippen molar-refractivity contribution < 1.29 is 8.83 Å². The molecule has 2 aromatic heterocycles. The van der Waals surface area contributed by atoms with Crippen molar-refractivity contribution in [3.63, 3.8) is 0 Å². The number of oxazole rings is 1. The van der Waals surface area contributed by atoms with Gasteiger partial charge < -0.3 is 13.7 Å². The predicted molar refractivity (Wildman–Crippen MR) is 253 cm³/mol. The number of anilines is 3. The molecule has 0 radical (unpaired) electrons. The maximum atomic E-state index is 6.46. The Kier molecular flexibility index (Phi) is 8.13. The van der Waals surface area contributed by atoms with Crippen LogP contribution in [0.2, 0.25) is 0 Å². The Morgan fingerprint density at radius 1 is 0.311 bits per heavy atom. The number of fused-ring (bicyclic) bond motifs is 7. The molecule has 12 aromatic rings. The molecule has 0 N–H and O–H groups in total. The van der Waals surface area contributed by atoms with Crippen LogP contribution in [0.15, 0.2) is 227 Å². The minimum absolute atomic E-state index is 0.604. The van der Waals surface area contributed by atoms with Gasteiger partial charge in [0.2, 0.25) is 5.89 Å². The number of hydrogen-bond acceptors (Lipinski definition) is 4. The van der Waals surface area contributed by atoms with Gasteiger partial charge in [-0.2, -0.15) is 0 Å². The van der Waals surface area contributed by atoms with Gasteiger partial charge in [-0.3, -0.25) is 0 Å². The number of rotatable bonds is 7. The molecule has 286 valence electrons. The molecule has 0 saturated carbocycles. The average Bonchev–Trinajstić information content (AvgIpc) is 3.92. The van der Waals surface area contributed by atoms with Crippen molar-refractivity contribution in [2.24, 2.45) is 0 Å². The third-order valence-corrected chi connectivity index (χ3v) is 11.9. The van der Waals surface area contributed by atoms with E-state index >= 15 is 0 Å². The first-order chi connectivity index (χ1) is 30.2. The highest BCUT2D eigenvalue weighted by atomic mass is 16.4. The van der Waals surface area contributed by atoms with Gasteiger partial charge in [-0.15, -0.1) is 0 Å². The fraction of sp³-hybridized carbons (Fsp3) is 0. The van der Waals surface area contributed by atoms with Crippen molar-refractivity contribution in [3.05, 3.63) is 218 Å². The minimum atomic E-state index is 0.604. The van der Waals surface area contributed by atoms with E-state index in [1.54, 1.807) is 0 Å². The normalized spacial score (nSPS) is 11.6. The summed E-state index contributed by atoms with van der Waals surface area (Å²) in [6.07, 6.45) is 0. The van der Waals surface area contributed by atoms with E-state index in [2.05, 4.69) is 181 Å². The Balaban J connectivity index is 0.912. The van der Waals surface area contributed by atoms with Crippen LogP contribution in [-0.4, -0.2) is 4.98 Å². The van der Waals surface area contributed by atoms with Gasteiger partial charge >= 0.3 is 0 Å². The Morgan fingerprint density at radius 2 is 0.902 bits per heavy atom. The summed E-state index contributed by atoms with van der Waals surface area (Å²) in [5.41, 5.74) is 14.2. The predicted octanol–water partition coefficient (Wildman–Crippen LogP) is 16.2. The lowest BCUT2D eigenvalue weighted by atomic mass is 9.93. The van der Waals surface area contributed by atoms with Crippen molar-refractivity contribution in [1.29, 1.82) is 0 Å². The van der Waals surface area contributed by atoms with E-state index in [9.17, 15) is 0 Å². The van der Waals surface area contributed by atoms with Crippen LogP contribution in [0.1, 0.15) is 0 Å². The summed E-state index contributed by atoms with van der Waals surface area (Å²) >= 11 is 0. The van der Waals surface area contributed by atoms with Crippen LogP contribution >= 0.6 is 0 Å². The van der Waals surface area contributed by atoms with Gasteiger partial charge in [0.1, 0.15) is 16.7 Å². The van der Waals surface area contributed by atoms with Crippen LogP contribution in [0, 0.1) is 0 Å². The van der Waals surface area contributed by atoms with Gasteiger partial charge in [0.15, 0.2) is 5.58 Å². The first-order valence-corrected chi connectivity index (χ1v) is 20.6. The third kappa shape index (κ3) is 6.12. The summed E-state index contributed by atoms with van der Waals surface area (Å²) in [6.45, 7) is 0. The molecule has 0 aliphatic heterocycles. The smallest absolute Gasteiger partial charge is 0.227 e. The largest absolute Gasteiger partial charge is 0.456 e. The monoisotopic (exact) mass is 780 g/mol. The van der Waals surface area contributed by atoms with E-state index in [0.717, 1.165) is 66.8 Å². The quantitative estimate of drug-likeness (QED) is 0.151. The van der Waals surface area contributed by atoms with Crippen LogP contribution in [0.4, 0.5) is 17.1 Å². The Hall–Kier alpha value is -8.21. The van der Waals surface area contributed by atoms with Crippen molar-refractivity contribution in [1.82, 2.24) is 4.98 Å². The summed E-state index contributed by atoms with van der Waals surface area (Å²) in [5.74, 6) is 0.604. The fourth-order valence-electron chi connectivity index (χ4n) is 8.87. The molecule has 0 bridgehead atoms. The maximum absolute atomic E-state index is 6.46. The molecule has 10 aromatic carbocycles. The molecular formula is C57H36N2O2. The second-order valence-electron chi connectivity index (χ2n) is 15.6. The van der Waals surface area contributed by atoms with Gasteiger partial charge in [-0.25, -0.2) is 4.98 Å². The zero-order valence-corrected chi connectivity index (χ0v) is 33.0. The van der Waals surface area contributed by atoms with Crippen molar-refractivity contribution in [2.75, 3.05) is 4.90 Å². The van der Waals surface area contributed by atoms with E-state index in [1.165, 1.54) is 43.8 Å². The summed E-state index contributed by atoms with van der Waals surface area (Å²) < 4.78 is 12.7. The van der Waals surface area contributed by atoms with Gasteiger partial charge in [0, 0.05) is 39.5 Å². The van der Waals surface area contributed by atoms with E-state index in [1.807, 2.05) is 42.5 Å². The van der Waals surface area contributed by atoms with E-state index < -0.39 is 0 Å². The number of benzene rings is 10. The maximum Gasteiger partial charge on any atom is 0.227 e. The highest BCUT2D eigenvalue weighted by molar-refractivity contribution is 6.14. The lowest BCUT2D eigenvalue weighted by Gasteiger charge is -2.26. The lowest BCUT2D eigenvalue weighted by Crippen LogP contribution is -2.10. The Bertz CT molecular complexity index is 3570. The summed E-state index contributed by atoms with van der Waals surface area (Å²) in [5, 5.41) is 7.08. The highest BCUT2D eigenvalue weighted by Gasteiger charge is 2.17. The molecule has 0 spiro atoms. The molecule has 0 fully saturated rings. The van der Waals surface area contributed by atoms with Crippen molar-refractivity contribution in [3.8, 4) is 44.8 Å². The highest BCUT2D eigenvalue weighted by Crippen LogP contribution is 2.41. The summed E-state index contributed by atoms with van der Waals surface area (Å²) in [7, 11) is 0. The molecular weight excluding hydrogens is 745 g/mol. The van der Waals surface area contributed by atoms with Crippen molar-refractivity contribution in [2.45, 2.75) is 0 Å². The molecule has 0 saturated heterocycles. The molecule has 12 rings (SSSR count). The molecule has 4 heteroatoms. The molecule has 2 heterocycles. The number of hydrogen-bond donors (Lipinski definition) is 0. The van der Waals surface area contributed by atoms with Gasteiger partial charge in [0.05, 0.1) is 0 Å². The van der Waals surface area contributed by atoms with Gasteiger partial charge in [-0.1, -0.05) is 140 Å². The minimum Gasteiger partial charge on any atom is -0.456 e. The van der Waals surface area contributed by atoms with Crippen LogP contribution in [-0.2, 0) is 0 Å². The molecule has 0 atom stereocenters. The zero-order valence-electron chi connectivity index (χ0n) is 33.0. The molecule has 4 nitrogen and oxygen atoms in total. The van der Waals surface area contributed by atoms with Gasteiger partial charge in [0.25, 0.3) is 0 Å². The molecule has 0 amide bonds. The third-order valence-electron chi connectivity index (χ3n) is 11.9. The van der Waals surface area contributed by atoms with Crippen LogP contribution in [0.5, 0.6) is 0 Å². The topological polar surface area (TPSA) is 42.4 Å². The lowest BCUT2D eigenvalue weighted by molar-refractivity contribution is 0.620. The number of furan rings is 1. The van der Waals surface area contributed by atoms with Crippen LogP contribution in [0.25, 0.3) is 99.4 Å². The number of nitrogens with zero attached hydrogens (tertiary/aromatic N) is 2. The second-order valence-corrected chi connectivity index (χ2v) is 15.6. The first kappa shape index (κ1) is 34.8. The second kappa shape index (κ2) is 14.3. The SMILES string of the molecule is c1ccc(-c2cccc(N(c3ccc(-c4ccc5c(c4)oc4cc6nc(-c7ccccc7)oc6cc45)cc3)c3ccc(-c4cc5ccccc5c5ccccc45)cc3)c2)cc1. The van der Waals surface area contributed by atoms with E-state index in [-0.39, 0.29) is 0 Å². The average molecular weight is 781 g/mol. The number of aromatic nitrogens is 1. The molecule has 0 aliphatic rings.